The number of fused-ring (bicyclic) bond motifs is 1. The average molecular weight is 601 g/mol. The number of carbonyl (C=O) groups is 2. The monoisotopic (exact) mass is 600 g/mol. The second kappa shape index (κ2) is 15.2. The molecule has 0 fully saturated rings. The maximum atomic E-state index is 12.8. The molecule has 8 heteroatoms. The number of aliphatic hydroxyl groups excluding tert-OH is 1. The Kier molecular flexibility index (Phi) is 11.4. The predicted octanol–water partition coefficient (Wildman–Crippen LogP) is 6.10. The number of hydrogen-bond acceptors (Lipinski definition) is 7. The van der Waals surface area contributed by atoms with Crippen molar-refractivity contribution in [2.45, 2.75) is 90.4 Å². The van der Waals surface area contributed by atoms with Crippen molar-refractivity contribution < 1.29 is 24.5 Å². The van der Waals surface area contributed by atoms with Crippen LogP contribution in [0.1, 0.15) is 105 Å². The van der Waals surface area contributed by atoms with Gasteiger partial charge in [-0.2, -0.15) is 11.4 Å². The van der Waals surface area contributed by atoms with Gasteiger partial charge in [0.2, 0.25) is 0 Å². The number of benzene rings is 1. The highest BCUT2D eigenvalue weighted by Gasteiger charge is 2.43. The van der Waals surface area contributed by atoms with Crippen molar-refractivity contribution in [3.05, 3.63) is 76.2 Å². The van der Waals surface area contributed by atoms with Crippen LogP contribution in [0.15, 0.2) is 42.6 Å². The van der Waals surface area contributed by atoms with Crippen molar-refractivity contribution in [1.29, 1.82) is 0 Å². The van der Waals surface area contributed by atoms with Crippen molar-refractivity contribution >= 4 is 23.5 Å². The zero-order chi connectivity index (χ0) is 31.7. The van der Waals surface area contributed by atoms with E-state index in [9.17, 15) is 19.8 Å². The van der Waals surface area contributed by atoms with Crippen molar-refractivity contribution in [2.24, 2.45) is 5.41 Å². The molecule has 1 aromatic carbocycles. The SMILES string of the molecule is CCCCCCCC(=O)CC(=O)CCc1cc(OC)c(O)c(C2c3ccnc(N)c3C=CC2(CO)Cc2ccc(CC)[n-]2)c1. The van der Waals surface area contributed by atoms with Crippen LogP contribution in [0.3, 0.4) is 0 Å². The predicted molar refractivity (Wildman–Crippen MR) is 173 cm³/mol. The molecular weight excluding hydrogens is 554 g/mol. The van der Waals surface area contributed by atoms with E-state index in [-0.39, 0.29) is 42.5 Å². The molecule has 44 heavy (non-hydrogen) atoms. The minimum atomic E-state index is -0.854. The number of nitrogen functional groups attached to an aromatic ring is 1. The molecule has 0 amide bonds. The Hall–Kier alpha value is -3.91. The number of hydrogen-bond donors (Lipinski definition) is 3. The lowest BCUT2D eigenvalue weighted by molar-refractivity contribution is -0.127. The van der Waals surface area contributed by atoms with Gasteiger partial charge in [-0.1, -0.05) is 76.3 Å². The van der Waals surface area contributed by atoms with Gasteiger partial charge in [0, 0.05) is 41.5 Å². The Labute approximate surface area is 260 Å². The molecule has 2 unspecified atom stereocenters. The fraction of sp³-hybridized carbons (Fsp3) is 0.472. The smallest absolute Gasteiger partial charge is 0.161 e. The maximum Gasteiger partial charge on any atom is 0.161 e. The highest BCUT2D eigenvalue weighted by molar-refractivity contribution is 5.99. The van der Waals surface area contributed by atoms with Gasteiger partial charge in [-0.3, -0.25) is 9.59 Å². The summed E-state index contributed by atoms with van der Waals surface area (Å²) in [5.41, 5.74) is 10.2. The minimum absolute atomic E-state index is 0.00708. The van der Waals surface area contributed by atoms with Gasteiger partial charge in [0.15, 0.2) is 11.5 Å². The maximum absolute atomic E-state index is 12.8. The molecule has 0 aliphatic heterocycles. The van der Waals surface area contributed by atoms with Crippen LogP contribution in [0.2, 0.25) is 0 Å². The number of anilines is 1. The van der Waals surface area contributed by atoms with Gasteiger partial charge in [-0.25, -0.2) is 4.98 Å². The van der Waals surface area contributed by atoms with Crippen molar-refractivity contribution in [3.8, 4) is 11.5 Å². The Balaban J connectivity index is 1.64. The summed E-state index contributed by atoms with van der Waals surface area (Å²) in [6, 6.07) is 9.45. The second-order valence-electron chi connectivity index (χ2n) is 12.0. The van der Waals surface area contributed by atoms with E-state index in [2.05, 4.69) is 11.9 Å². The summed E-state index contributed by atoms with van der Waals surface area (Å²) < 4.78 is 5.59. The number of phenols is 1. The number of nitrogens with two attached hydrogens (primary N) is 1. The number of Topliss-reactive ketones (excluding diaryl/α,β-unsaturated/α-hetero) is 2. The number of aromatic nitrogens is 2. The van der Waals surface area contributed by atoms with E-state index in [1.165, 1.54) is 13.5 Å². The standard InChI is InChI=1S/C36H46N3O5/c1-4-6-7-8-9-10-27(41)21-28(42)14-11-24-19-31(34(43)32(20-24)44-3)33-29-16-18-38-35(37)30(29)15-17-36(33,23-40)22-26-13-12-25(5-2)39-26/h12-13,15-20,33,40,43H,4-11,14,21-23H2,1-3H3,(H2,37,38)/q-1. The number of pyridine rings is 1. The van der Waals surface area contributed by atoms with Crippen LogP contribution in [0.25, 0.3) is 6.08 Å². The summed E-state index contributed by atoms with van der Waals surface area (Å²) in [6.07, 6.45) is 13.0. The molecule has 4 rings (SSSR count). The van der Waals surface area contributed by atoms with Gasteiger partial charge < -0.3 is 25.7 Å². The molecule has 1 aliphatic rings. The lowest BCUT2D eigenvalue weighted by Crippen LogP contribution is -2.37. The third kappa shape index (κ3) is 7.59. The number of nitrogens with zero attached hydrogens (tertiary/aromatic N) is 2. The van der Waals surface area contributed by atoms with Crippen molar-refractivity contribution in [3.63, 3.8) is 0 Å². The Bertz CT molecular complexity index is 1480. The first-order valence-corrected chi connectivity index (χ1v) is 15.8. The molecule has 1 aliphatic carbocycles. The third-order valence-electron chi connectivity index (χ3n) is 8.79. The summed E-state index contributed by atoms with van der Waals surface area (Å²) in [5, 5.41) is 22.6. The number of aryl methyl sites for hydroxylation is 2. The van der Waals surface area contributed by atoms with Crippen LogP contribution >= 0.6 is 0 Å². The van der Waals surface area contributed by atoms with Crippen LogP contribution < -0.4 is 15.5 Å². The Morgan fingerprint density at radius 1 is 1.02 bits per heavy atom. The van der Waals surface area contributed by atoms with E-state index in [4.69, 9.17) is 15.5 Å². The number of ether oxygens (including phenoxy) is 1. The number of phenolic OH excluding ortho intramolecular Hbond substituents is 1. The van der Waals surface area contributed by atoms with Crippen LogP contribution in [0.4, 0.5) is 5.82 Å². The first-order valence-electron chi connectivity index (χ1n) is 15.8. The highest BCUT2D eigenvalue weighted by atomic mass is 16.5. The summed E-state index contributed by atoms with van der Waals surface area (Å²) >= 11 is 0. The molecule has 8 nitrogen and oxygen atoms in total. The summed E-state index contributed by atoms with van der Waals surface area (Å²) in [6.45, 7) is 3.99. The molecule has 3 aromatic rings. The van der Waals surface area contributed by atoms with Crippen LogP contribution in [-0.2, 0) is 28.9 Å². The van der Waals surface area contributed by atoms with E-state index in [0.29, 0.717) is 30.6 Å². The number of ketones is 2. The fourth-order valence-electron chi connectivity index (χ4n) is 6.33. The number of carbonyl (C=O) groups excluding carboxylic acids is 2. The van der Waals surface area contributed by atoms with Gasteiger partial charge in [-0.05, 0) is 42.5 Å². The minimum Gasteiger partial charge on any atom is -0.665 e. The lowest BCUT2D eigenvalue weighted by atomic mass is 9.63. The van der Waals surface area contributed by atoms with E-state index < -0.39 is 11.3 Å². The van der Waals surface area contributed by atoms with Gasteiger partial charge >= 0.3 is 0 Å². The van der Waals surface area contributed by atoms with Gasteiger partial charge in [-0.15, -0.1) is 0 Å². The van der Waals surface area contributed by atoms with Gasteiger partial charge in [0.1, 0.15) is 17.4 Å². The van der Waals surface area contributed by atoms with Gasteiger partial charge in [0.05, 0.1) is 20.1 Å². The van der Waals surface area contributed by atoms with E-state index >= 15 is 0 Å². The molecule has 0 spiro atoms. The molecule has 4 N–H and O–H groups in total. The molecule has 236 valence electrons. The van der Waals surface area contributed by atoms with Crippen LogP contribution in [-0.4, -0.2) is 40.5 Å². The first kappa shape index (κ1) is 33.0. The lowest BCUT2D eigenvalue weighted by Gasteiger charge is -2.42. The van der Waals surface area contributed by atoms with Crippen molar-refractivity contribution in [2.75, 3.05) is 19.5 Å². The van der Waals surface area contributed by atoms with E-state index in [1.807, 2.05) is 43.3 Å². The Morgan fingerprint density at radius 3 is 2.48 bits per heavy atom. The zero-order valence-electron chi connectivity index (χ0n) is 26.3. The number of unbranched alkanes of at least 4 members (excludes halogenated alkanes) is 4. The molecule has 0 saturated carbocycles. The Morgan fingerprint density at radius 2 is 1.77 bits per heavy atom. The number of methoxy groups -OCH3 is 1. The molecule has 0 bridgehead atoms. The molecule has 0 saturated heterocycles. The highest BCUT2D eigenvalue weighted by Crippen LogP contribution is 2.53. The normalized spacial score (nSPS) is 17.4. The number of rotatable bonds is 17. The first-order chi connectivity index (χ1) is 21.2. The topological polar surface area (TPSA) is 137 Å². The number of aliphatic hydroxyl groups is 1. The average Bonchev–Trinajstić information content (AvgIpc) is 3.48. The third-order valence-corrected chi connectivity index (χ3v) is 8.79. The summed E-state index contributed by atoms with van der Waals surface area (Å²) in [4.78, 5) is 34.2. The van der Waals surface area contributed by atoms with Crippen molar-refractivity contribution in [1.82, 2.24) is 9.97 Å². The van der Waals surface area contributed by atoms with Gasteiger partial charge in [0.25, 0.3) is 0 Å². The zero-order valence-corrected chi connectivity index (χ0v) is 26.3. The second-order valence-corrected chi connectivity index (χ2v) is 12.0. The van der Waals surface area contributed by atoms with E-state index in [1.54, 1.807) is 12.3 Å². The molecule has 2 atom stereocenters. The molecular formula is C36H46N3O5-. The van der Waals surface area contributed by atoms with Crippen LogP contribution in [0.5, 0.6) is 11.5 Å². The quantitative estimate of drug-likeness (QED) is 0.125. The molecule has 2 aromatic heterocycles. The molecule has 2 heterocycles. The summed E-state index contributed by atoms with van der Waals surface area (Å²) in [5.74, 6) is -0.0209. The number of aromatic hydroxyl groups is 1. The fourth-order valence-corrected chi connectivity index (χ4v) is 6.33. The summed E-state index contributed by atoms with van der Waals surface area (Å²) in [7, 11) is 1.49. The van der Waals surface area contributed by atoms with E-state index in [0.717, 1.165) is 60.2 Å². The largest absolute Gasteiger partial charge is 0.665 e. The van der Waals surface area contributed by atoms with Crippen LogP contribution in [0, 0.1) is 5.41 Å². The molecule has 0 radical (unpaired) electrons.